The third kappa shape index (κ3) is 3.49. The predicted octanol–water partition coefficient (Wildman–Crippen LogP) is 3.42. The molecule has 1 aliphatic rings. The Hall–Kier alpha value is -2.96. The number of aliphatic imine (C=N–C) groups is 1. The molecular weight excluding hydrogens is 346 g/mol. The van der Waals surface area contributed by atoms with Crippen molar-refractivity contribution in [2.75, 3.05) is 14.2 Å². The maximum atomic E-state index is 12.6. The van der Waals surface area contributed by atoms with E-state index in [0.717, 1.165) is 16.8 Å². The average Bonchev–Trinajstić information content (AvgIpc) is 3.15. The summed E-state index contributed by atoms with van der Waals surface area (Å²) in [7, 11) is 2.99. The van der Waals surface area contributed by atoms with E-state index in [1.165, 1.54) is 7.11 Å². The minimum Gasteiger partial charge on any atom is -0.497 e. The molecule has 2 aromatic rings. The normalized spacial score (nSPS) is 19.7. The minimum atomic E-state index is -0.585. The fourth-order valence-corrected chi connectivity index (χ4v) is 3.45. The number of ether oxygens (including phenoxy) is 2. The van der Waals surface area contributed by atoms with E-state index in [0.29, 0.717) is 29.6 Å². The first-order valence-electron chi connectivity index (χ1n) is 8.80. The highest BCUT2D eigenvalue weighted by Gasteiger charge is 2.41. The van der Waals surface area contributed by atoms with Crippen LogP contribution in [0.5, 0.6) is 5.75 Å². The lowest BCUT2D eigenvalue weighted by Gasteiger charge is -2.31. The van der Waals surface area contributed by atoms with Crippen LogP contribution in [0.15, 0.2) is 39.5 Å². The topological polar surface area (TPSA) is 86.8 Å². The number of nitrogens with zero attached hydrogens (tertiary/aromatic N) is 3. The molecule has 3 rings (SSSR count). The van der Waals surface area contributed by atoms with Gasteiger partial charge < -0.3 is 14.0 Å². The number of hydrogen-bond acceptors (Lipinski definition) is 7. The number of aryl methyl sites for hydroxylation is 1. The lowest BCUT2D eigenvalue weighted by Crippen LogP contribution is -2.33. The Kier molecular flexibility index (Phi) is 5.39. The predicted molar refractivity (Wildman–Crippen MR) is 101 cm³/mol. The zero-order valence-electron chi connectivity index (χ0n) is 16.1. The molecule has 142 valence electrons. The lowest BCUT2D eigenvalue weighted by molar-refractivity contribution is -0.143. The molecular formula is C20H23N3O4. The summed E-state index contributed by atoms with van der Waals surface area (Å²) in [6.45, 7) is 5.67. The number of rotatable bonds is 5. The van der Waals surface area contributed by atoms with Crippen molar-refractivity contribution in [3.8, 4) is 5.75 Å². The summed E-state index contributed by atoms with van der Waals surface area (Å²) in [4.78, 5) is 21.7. The van der Waals surface area contributed by atoms with E-state index in [2.05, 4.69) is 15.1 Å². The van der Waals surface area contributed by atoms with Gasteiger partial charge in [-0.2, -0.15) is 4.98 Å². The number of carbonyl (C=O) groups excluding carboxylic acids is 1. The largest absolute Gasteiger partial charge is 0.497 e. The highest BCUT2D eigenvalue weighted by Crippen LogP contribution is 2.44. The van der Waals surface area contributed by atoms with Gasteiger partial charge in [0.25, 0.3) is 5.89 Å². The Balaban J connectivity index is 2.21. The van der Waals surface area contributed by atoms with Crippen molar-refractivity contribution in [1.82, 2.24) is 10.1 Å². The van der Waals surface area contributed by atoms with Crippen LogP contribution >= 0.6 is 0 Å². The highest BCUT2D eigenvalue weighted by molar-refractivity contribution is 6.06. The average molecular weight is 369 g/mol. The molecule has 2 heterocycles. The first-order valence-corrected chi connectivity index (χ1v) is 8.80. The highest BCUT2D eigenvalue weighted by atomic mass is 16.5. The van der Waals surface area contributed by atoms with Gasteiger partial charge in [0.05, 0.1) is 14.2 Å². The molecule has 2 unspecified atom stereocenters. The Morgan fingerprint density at radius 2 is 2.04 bits per heavy atom. The molecule has 1 aromatic carbocycles. The zero-order chi connectivity index (χ0) is 19.6. The second kappa shape index (κ2) is 7.73. The number of methoxy groups -OCH3 is 2. The molecule has 0 saturated heterocycles. The van der Waals surface area contributed by atoms with Crippen LogP contribution in [-0.4, -0.2) is 36.0 Å². The van der Waals surface area contributed by atoms with Crippen LogP contribution < -0.4 is 4.74 Å². The van der Waals surface area contributed by atoms with E-state index in [4.69, 9.17) is 14.0 Å². The van der Waals surface area contributed by atoms with Crippen molar-refractivity contribution in [1.29, 1.82) is 0 Å². The maximum Gasteiger partial charge on any atom is 0.315 e. The van der Waals surface area contributed by atoms with Crippen LogP contribution in [0.4, 0.5) is 0 Å². The number of esters is 1. The number of hydrogen-bond donors (Lipinski definition) is 0. The summed E-state index contributed by atoms with van der Waals surface area (Å²) in [5.74, 6) is 0.378. The molecule has 27 heavy (non-hydrogen) atoms. The summed E-state index contributed by atoms with van der Waals surface area (Å²) in [5, 5.41) is 4.01. The van der Waals surface area contributed by atoms with Crippen LogP contribution in [0.25, 0.3) is 5.57 Å². The van der Waals surface area contributed by atoms with Gasteiger partial charge in [0.1, 0.15) is 11.7 Å². The molecule has 0 amide bonds. The maximum absolute atomic E-state index is 12.6. The number of carbonyl (C=O) groups is 1. The molecule has 0 bridgehead atoms. The van der Waals surface area contributed by atoms with Crippen LogP contribution in [0.1, 0.15) is 44.0 Å². The first kappa shape index (κ1) is 18.8. The van der Waals surface area contributed by atoms with Gasteiger partial charge in [0.15, 0.2) is 5.82 Å². The summed E-state index contributed by atoms with van der Waals surface area (Å²) in [6.07, 6.45) is 0.655. The number of benzene rings is 1. The van der Waals surface area contributed by atoms with Crippen LogP contribution in [-0.2, 0) is 16.0 Å². The van der Waals surface area contributed by atoms with Crippen LogP contribution in [0, 0.1) is 5.92 Å². The molecule has 0 spiro atoms. The molecule has 0 fully saturated rings. The van der Waals surface area contributed by atoms with Gasteiger partial charge >= 0.3 is 5.97 Å². The summed E-state index contributed by atoms with van der Waals surface area (Å²) >= 11 is 0. The van der Waals surface area contributed by atoms with Gasteiger partial charge in [-0.25, -0.2) is 0 Å². The fourth-order valence-electron chi connectivity index (χ4n) is 3.45. The molecule has 0 radical (unpaired) electrons. The van der Waals surface area contributed by atoms with E-state index in [-0.39, 0.29) is 11.9 Å². The molecule has 7 nitrogen and oxygen atoms in total. The van der Waals surface area contributed by atoms with Crippen molar-refractivity contribution in [3.63, 3.8) is 0 Å². The molecule has 2 atom stereocenters. The van der Waals surface area contributed by atoms with Crippen molar-refractivity contribution < 1.29 is 18.8 Å². The lowest BCUT2D eigenvalue weighted by atomic mass is 9.75. The molecule has 1 aliphatic heterocycles. The SMILES string of the molecule is CCc1noc(C2=C(C)N=C(C)C(C(=O)OC)C2c2cccc(OC)c2)n1. The smallest absolute Gasteiger partial charge is 0.315 e. The van der Waals surface area contributed by atoms with Crippen LogP contribution in [0.3, 0.4) is 0 Å². The molecule has 0 N–H and O–H groups in total. The second-order valence-corrected chi connectivity index (χ2v) is 6.38. The van der Waals surface area contributed by atoms with Crippen molar-refractivity contribution in [2.24, 2.45) is 10.9 Å². The zero-order valence-corrected chi connectivity index (χ0v) is 16.1. The van der Waals surface area contributed by atoms with E-state index in [1.807, 2.05) is 45.0 Å². The Bertz CT molecular complexity index is 913. The van der Waals surface area contributed by atoms with E-state index in [1.54, 1.807) is 7.11 Å². The summed E-state index contributed by atoms with van der Waals surface area (Å²) in [5.41, 5.74) is 3.05. The van der Waals surface area contributed by atoms with Gasteiger partial charge in [-0.3, -0.25) is 9.79 Å². The molecule has 0 saturated carbocycles. The first-order chi connectivity index (χ1) is 13.0. The minimum absolute atomic E-state index is 0.357. The Morgan fingerprint density at radius 3 is 2.67 bits per heavy atom. The van der Waals surface area contributed by atoms with Crippen molar-refractivity contribution in [3.05, 3.63) is 47.2 Å². The standard InChI is InChI=1S/C20H23N3O4/c1-6-15-22-19(27-23-15)16-11(2)21-12(3)17(20(24)26-5)18(16)13-8-7-9-14(10-13)25-4/h7-10,17-18H,6H2,1-5H3. The summed E-state index contributed by atoms with van der Waals surface area (Å²) < 4.78 is 15.9. The Morgan fingerprint density at radius 1 is 1.26 bits per heavy atom. The van der Waals surface area contributed by atoms with E-state index < -0.39 is 5.92 Å². The quantitative estimate of drug-likeness (QED) is 0.751. The molecule has 0 aliphatic carbocycles. The van der Waals surface area contributed by atoms with E-state index in [9.17, 15) is 4.79 Å². The number of allylic oxidation sites excluding steroid dienone is 2. The van der Waals surface area contributed by atoms with Gasteiger partial charge in [-0.05, 0) is 31.5 Å². The number of aromatic nitrogens is 2. The third-order valence-electron chi connectivity index (χ3n) is 4.75. The van der Waals surface area contributed by atoms with Crippen molar-refractivity contribution in [2.45, 2.75) is 33.1 Å². The third-order valence-corrected chi connectivity index (χ3v) is 4.75. The van der Waals surface area contributed by atoms with Crippen molar-refractivity contribution >= 4 is 17.3 Å². The summed E-state index contributed by atoms with van der Waals surface area (Å²) in [6, 6.07) is 7.61. The van der Waals surface area contributed by atoms with E-state index >= 15 is 0 Å². The fraction of sp³-hybridized carbons (Fsp3) is 0.400. The Labute approximate surface area is 158 Å². The monoisotopic (exact) mass is 369 g/mol. The second-order valence-electron chi connectivity index (χ2n) is 6.38. The molecule has 7 heteroatoms. The van der Waals surface area contributed by atoms with Gasteiger partial charge in [-0.1, -0.05) is 24.2 Å². The molecule has 1 aromatic heterocycles. The van der Waals surface area contributed by atoms with Gasteiger partial charge in [-0.15, -0.1) is 0 Å². The van der Waals surface area contributed by atoms with Crippen LogP contribution in [0.2, 0.25) is 0 Å². The van der Waals surface area contributed by atoms with Gasteiger partial charge in [0, 0.05) is 29.3 Å². The van der Waals surface area contributed by atoms with Gasteiger partial charge in [0.2, 0.25) is 0 Å².